The predicted molar refractivity (Wildman–Crippen MR) is 39.3 cm³/mol. The van der Waals surface area contributed by atoms with Gasteiger partial charge in [0.05, 0.1) is 19.8 Å². The second kappa shape index (κ2) is 4.20. The third-order valence-electron chi connectivity index (χ3n) is 1.75. The van der Waals surface area contributed by atoms with Crippen molar-refractivity contribution >= 4 is 11.9 Å². The van der Waals surface area contributed by atoms with Gasteiger partial charge in [-0.05, 0) is 0 Å². The Morgan fingerprint density at radius 2 is 1.85 bits per heavy atom. The number of carboxylic acid groups (broad SMARTS) is 2. The summed E-state index contributed by atoms with van der Waals surface area (Å²) in [6.45, 7) is 0.632. The van der Waals surface area contributed by atoms with E-state index >= 15 is 0 Å². The Morgan fingerprint density at radius 3 is 2.23 bits per heavy atom. The van der Waals surface area contributed by atoms with Crippen LogP contribution in [0.15, 0.2) is 0 Å². The number of rotatable bonds is 3. The van der Waals surface area contributed by atoms with Crippen LogP contribution in [0.25, 0.3) is 0 Å². The molecule has 0 aliphatic carbocycles. The van der Waals surface area contributed by atoms with Gasteiger partial charge < -0.3 is 19.7 Å². The third-order valence-corrected chi connectivity index (χ3v) is 1.75. The van der Waals surface area contributed by atoms with E-state index in [1.807, 2.05) is 0 Å². The molecule has 1 aliphatic heterocycles. The van der Waals surface area contributed by atoms with Gasteiger partial charge >= 0.3 is 11.9 Å². The van der Waals surface area contributed by atoms with Crippen molar-refractivity contribution < 1.29 is 29.3 Å². The normalized spacial score (nSPS) is 23.0. The highest BCUT2D eigenvalue weighted by molar-refractivity contribution is 5.93. The highest BCUT2D eigenvalue weighted by Crippen LogP contribution is 2.12. The molecule has 0 bridgehead atoms. The molecule has 13 heavy (non-hydrogen) atoms. The first-order valence-corrected chi connectivity index (χ1v) is 3.78. The highest BCUT2D eigenvalue weighted by atomic mass is 16.6. The molecule has 0 radical (unpaired) electrons. The van der Waals surface area contributed by atoms with Gasteiger partial charge in [-0.15, -0.1) is 0 Å². The SMILES string of the molecule is O=C(O)C(C(=O)O)C1COCCO1. The highest BCUT2D eigenvalue weighted by Gasteiger charge is 2.37. The van der Waals surface area contributed by atoms with Crippen LogP contribution >= 0.6 is 0 Å². The Bertz CT molecular complexity index is 193. The minimum atomic E-state index is -1.54. The van der Waals surface area contributed by atoms with Crippen molar-refractivity contribution in [1.82, 2.24) is 0 Å². The summed E-state index contributed by atoms with van der Waals surface area (Å²) in [5.74, 6) is -4.34. The summed E-state index contributed by atoms with van der Waals surface area (Å²) in [6.07, 6.45) is -0.885. The molecule has 0 spiro atoms. The zero-order chi connectivity index (χ0) is 9.84. The first-order chi connectivity index (χ1) is 6.13. The van der Waals surface area contributed by atoms with E-state index < -0.39 is 24.0 Å². The fourth-order valence-electron chi connectivity index (χ4n) is 1.12. The molecule has 0 amide bonds. The maximum absolute atomic E-state index is 10.5. The second-order valence-corrected chi connectivity index (χ2v) is 2.64. The number of aliphatic carboxylic acids is 2. The van der Waals surface area contributed by atoms with Crippen molar-refractivity contribution in [3.8, 4) is 0 Å². The van der Waals surface area contributed by atoms with E-state index in [-0.39, 0.29) is 13.2 Å². The molecule has 0 aromatic heterocycles. The van der Waals surface area contributed by atoms with E-state index in [1.165, 1.54) is 0 Å². The Kier molecular flexibility index (Phi) is 3.21. The van der Waals surface area contributed by atoms with Gasteiger partial charge in [0.1, 0.15) is 6.10 Å². The maximum atomic E-state index is 10.5. The lowest BCUT2D eigenvalue weighted by atomic mass is 10.0. The largest absolute Gasteiger partial charge is 0.481 e. The minimum absolute atomic E-state index is 0.0171. The first-order valence-electron chi connectivity index (χ1n) is 3.78. The molecule has 6 heteroatoms. The lowest BCUT2D eigenvalue weighted by Crippen LogP contribution is -2.42. The fourth-order valence-corrected chi connectivity index (χ4v) is 1.12. The molecule has 1 unspecified atom stereocenters. The molecule has 0 aromatic carbocycles. The molecule has 6 nitrogen and oxygen atoms in total. The smallest absolute Gasteiger partial charge is 0.320 e. The Morgan fingerprint density at radius 1 is 1.23 bits per heavy atom. The number of carbonyl (C=O) groups is 2. The average Bonchev–Trinajstić information content (AvgIpc) is 2.04. The molecule has 1 rings (SSSR count). The molecule has 0 aromatic rings. The predicted octanol–water partition coefficient (Wildman–Crippen LogP) is -0.813. The van der Waals surface area contributed by atoms with Crippen molar-refractivity contribution in [2.45, 2.75) is 6.10 Å². The molecule has 2 N–H and O–H groups in total. The van der Waals surface area contributed by atoms with Crippen LogP contribution < -0.4 is 0 Å². The van der Waals surface area contributed by atoms with Gasteiger partial charge in [-0.1, -0.05) is 0 Å². The molecule has 1 saturated heterocycles. The summed E-state index contributed by atoms with van der Waals surface area (Å²) in [4.78, 5) is 21.0. The van der Waals surface area contributed by atoms with Crippen LogP contribution in [0.4, 0.5) is 0 Å². The summed E-state index contributed by atoms with van der Waals surface area (Å²) in [5.41, 5.74) is 0. The number of hydrogen-bond acceptors (Lipinski definition) is 4. The van der Waals surface area contributed by atoms with E-state index in [0.717, 1.165) is 0 Å². The number of ether oxygens (including phenoxy) is 2. The van der Waals surface area contributed by atoms with Crippen LogP contribution in [0, 0.1) is 5.92 Å². The molecule has 1 atom stereocenters. The summed E-state index contributed by atoms with van der Waals surface area (Å²) < 4.78 is 9.89. The standard InChI is InChI=1S/C7H10O6/c8-6(9)5(7(10)11)4-3-12-1-2-13-4/h4-5H,1-3H2,(H,8,9)(H,10,11). The molecule has 0 saturated carbocycles. The lowest BCUT2D eigenvalue weighted by Gasteiger charge is -2.25. The van der Waals surface area contributed by atoms with E-state index in [9.17, 15) is 9.59 Å². The van der Waals surface area contributed by atoms with Crippen LogP contribution in [0.1, 0.15) is 0 Å². The summed E-state index contributed by atoms with van der Waals surface area (Å²) >= 11 is 0. The van der Waals surface area contributed by atoms with Crippen molar-refractivity contribution in [2.75, 3.05) is 19.8 Å². The quantitative estimate of drug-likeness (QED) is 0.565. The molecular formula is C7H10O6. The van der Waals surface area contributed by atoms with Gasteiger partial charge in [-0.25, -0.2) is 0 Å². The van der Waals surface area contributed by atoms with E-state index in [1.54, 1.807) is 0 Å². The van der Waals surface area contributed by atoms with E-state index in [4.69, 9.17) is 19.7 Å². The van der Waals surface area contributed by atoms with Crippen molar-refractivity contribution in [1.29, 1.82) is 0 Å². The van der Waals surface area contributed by atoms with Crippen LogP contribution in [0.3, 0.4) is 0 Å². The van der Waals surface area contributed by atoms with Crippen molar-refractivity contribution in [2.24, 2.45) is 5.92 Å². The van der Waals surface area contributed by atoms with Gasteiger partial charge in [0, 0.05) is 0 Å². The van der Waals surface area contributed by atoms with Gasteiger partial charge in [-0.3, -0.25) is 9.59 Å². The molecule has 1 heterocycles. The van der Waals surface area contributed by atoms with Crippen molar-refractivity contribution in [3.05, 3.63) is 0 Å². The average molecular weight is 190 g/mol. The van der Waals surface area contributed by atoms with Gasteiger partial charge in [0.2, 0.25) is 0 Å². The van der Waals surface area contributed by atoms with Gasteiger partial charge in [0.25, 0.3) is 0 Å². The topological polar surface area (TPSA) is 93.1 Å². The Balaban J connectivity index is 2.62. The van der Waals surface area contributed by atoms with Gasteiger partial charge in [0.15, 0.2) is 5.92 Å². The zero-order valence-electron chi connectivity index (χ0n) is 6.80. The van der Waals surface area contributed by atoms with E-state index in [0.29, 0.717) is 6.61 Å². The summed E-state index contributed by atoms with van der Waals surface area (Å²) in [6, 6.07) is 0. The maximum Gasteiger partial charge on any atom is 0.320 e. The number of carboxylic acids is 2. The van der Waals surface area contributed by atoms with Crippen LogP contribution in [0.5, 0.6) is 0 Å². The van der Waals surface area contributed by atoms with Gasteiger partial charge in [-0.2, -0.15) is 0 Å². The van der Waals surface area contributed by atoms with Crippen LogP contribution in [0.2, 0.25) is 0 Å². The number of hydrogen-bond donors (Lipinski definition) is 2. The van der Waals surface area contributed by atoms with Crippen LogP contribution in [-0.2, 0) is 19.1 Å². The Labute approximate surface area is 74.1 Å². The van der Waals surface area contributed by atoms with E-state index in [2.05, 4.69) is 0 Å². The molecule has 74 valence electrons. The lowest BCUT2D eigenvalue weighted by molar-refractivity contribution is -0.172. The third kappa shape index (κ3) is 2.40. The molecular weight excluding hydrogens is 180 g/mol. The van der Waals surface area contributed by atoms with Crippen molar-refractivity contribution in [3.63, 3.8) is 0 Å². The summed E-state index contributed by atoms with van der Waals surface area (Å²) in [5, 5.41) is 17.2. The zero-order valence-corrected chi connectivity index (χ0v) is 6.80. The molecule has 1 aliphatic rings. The second-order valence-electron chi connectivity index (χ2n) is 2.64. The van der Waals surface area contributed by atoms with Crippen LogP contribution in [-0.4, -0.2) is 48.1 Å². The molecule has 1 fully saturated rings. The monoisotopic (exact) mass is 190 g/mol. The summed E-state index contributed by atoms with van der Waals surface area (Å²) in [7, 11) is 0. The minimum Gasteiger partial charge on any atom is -0.481 e. The first kappa shape index (κ1) is 9.94. The Hall–Kier alpha value is -1.14. The fraction of sp³-hybridized carbons (Fsp3) is 0.714.